The first kappa shape index (κ1) is 8.42. The van der Waals surface area contributed by atoms with E-state index < -0.39 is 0 Å². The Morgan fingerprint density at radius 1 is 1.31 bits per heavy atom. The van der Waals surface area contributed by atoms with Gasteiger partial charge < -0.3 is 11.1 Å². The molecule has 3 N–H and O–H groups in total. The number of benzene rings is 1. The summed E-state index contributed by atoms with van der Waals surface area (Å²) in [4.78, 5) is 0. The second kappa shape index (κ2) is 3.29. The van der Waals surface area contributed by atoms with E-state index in [1.807, 2.05) is 24.3 Å². The van der Waals surface area contributed by atoms with Gasteiger partial charge in [-0.2, -0.15) is 0 Å². The molecule has 2 unspecified atom stereocenters. The molecule has 1 fully saturated rings. The summed E-state index contributed by atoms with van der Waals surface area (Å²) in [5.74, 6) is 0.791. The molecule has 2 rings (SSSR count). The van der Waals surface area contributed by atoms with E-state index in [-0.39, 0.29) is 0 Å². The summed E-state index contributed by atoms with van der Waals surface area (Å²) in [6.07, 6.45) is 2.61. The first-order chi connectivity index (χ1) is 6.27. The van der Waals surface area contributed by atoms with E-state index in [2.05, 4.69) is 12.2 Å². The quantitative estimate of drug-likeness (QED) is 0.679. The Morgan fingerprint density at radius 2 is 2.08 bits per heavy atom. The number of hydrogen-bond donors (Lipinski definition) is 2. The van der Waals surface area contributed by atoms with Gasteiger partial charge in [-0.3, -0.25) is 0 Å². The van der Waals surface area contributed by atoms with Gasteiger partial charge in [0.2, 0.25) is 0 Å². The summed E-state index contributed by atoms with van der Waals surface area (Å²) in [7, 11) is 0. The summed E-state index contributed by atoms with van der Waals surface area (Å²) in [5, 5.41) is 3.47. The third-order valence-corrected chi connectivity index (χ3v) is 2.92. The van der Waals surface area contributed by atoms with Crippen LogP contribution in [0.1, 0.15) is 19.8 Å². The Kier molecular flexibility index (Phi) is 2.13. The molecular formula is C11H16N2. The van der Waals surface area contributed by atoms with Crippen molar-refractivity contribution in [2.45, 2.75) is 25.8 Å². The van der Waals surface area contributed by atoms with Crippen LogP contribution in [-0.2, 0) is 0 Å². The second-order valence-electron chi connectivity index (χ2n) is 3.89. The minimum atomic E-state index is 0.629. The van der Waals surface area contributed by atoms with E-state index in [1.54, 1.807) is 0 Å². The van der Waals surface area contributed by atoms with Gasteiger partial charge in [-0.15, -0.1) is 0 Å². The van der Waals surface area contributed by atoms with Crippen LogP contribution in [0.5, 0.6) is 0 Å². The smallest absolute Gasteiger partial charge is 0.0576 e. The minimum Gasteiger partial charge on any atom is -0.397 e. The zero-order valence-electron chi connectivity index (χ0n) is 7.96. The number of nitrogens with one attached hydrogen (secondary N) is 1. The van der Waals surface area contributed by atoms with Gasteiger partial charge in [0.15, 0.2) is 0 Å². The highest BCUT2D eigenvalue weighted by molar-refractivity contribution is 5.66. The third kappa shape index (κ3) is 1.62. The summed E-state index contributed by atoms with van der Waals surface area (Å²) in [6.45, 7) is 2.28. The SMILES string of the molecule is CC1CCC1Nc1ccccc1N. The van der Waals surface area contributed by atoms with Crippen molar-refractivity contribution < 1.29 is 0 Å². The van der Waals surface area contributed by atoms with Crippen molar-refractivity contribution in [3.8, 4) is 0 Å². The van der Waals surface area contributed by atoms with E-state index in [4.69, 9.17) is 5.73 Å². The lowest BCUT2D eigenvalue weighted by molar-refractivity contribution is 0.303. The molecule has 0 radical (unpaired) electrons. The highest BCUT2D eigenvalue weighted by Gasteiger charge is 2.26. The normalized spacial score (nSPS) is 26.5. The molecule has 0 aliphatic heterocycles. The zero-order valence-corrected chi connectivity index (χ0v) is 7.96. The standard InChI is InChI=1S/C11H16N2/c1-8-6-7-10(8)13-11-5-3-2-4-9(11)12/h2-5,8,10,13H,6-7,12H2,1H3. The Hall–Kier alpha value is -1.18. The summed E-state index contributed by atoms with van der Waals surface area (Å²) in [5.41, 5.74) is 7.76. The molecule has 2 atom stereocenters. The molecule has 70 valence electrons. The Bertz CT molecular complexity index is 296. The van der Waals surface area contributed by atoms with Crippen LogP contribution in [-0.4, -0.2) is 6.04 Å². The van der Waals surface area contributed by atoms with Gasteiger partial charge in [0.25, 0.3) is 0 Å². The number of hydrogen-bond acceptors (Lipinski definition) is 2. The predicted octanol–water partition coefficient (Wildman–Crippen LogP) is 2.48. The Morgan fingerprint density at radius 3 is 2.62 bits per heavy atom. The van der Waals surface area contributed by atoms with E-state index in [1.165, 1.54) is 12.8 Å². The topological polar surface area (TPSA) is 38.0 Å². The van der Waals surface area contributed by atoms with Crippen LogP contribution < -0.4 is 11.1 Å². The molecule has 0 bridgehead atoms. The molecule has 1 aliphatic carbocycles. The number of nitrogens with two attached hydrogens (primary N) is 1. The summed E-state index contributed by atoms with van der Waals surface area (Å²) in [6, 6.07) is 8.59. The zero-order chi connectivity index (χ0) is 9.26. The highest BCUT2D eigenvalue weighted by Crippen LogP contribution is 2.31. The van der Waals surface area contributed by atoms with Crippen molar-refractivity contribution in [1.29, 1.82) is 0 Å². The fourth-order valence-corrected chi connectivity index (χ4v) is 1.71. The highest BCUT2D eigenvalue weighted by atomic mass is 15.0. The maximum Gasteiger partial charge on any atom is 0.0576 e. The van der Waals surface area contributed by atoms with Crippen molar-refractivity contribution in [3.05, 3.63) is 24.3 Å². The van der Waals surface area contributed by atoms with Gasteiger partial charge in [0.05, 0.1) is 11.4 Å². The molecular weight excluding hydrogens is 160 g/mol. The fourth-order valence-electron chi connectivity index (χ4n) is 1.71. The molecule has 0 aromatic heterocycles. The van der Waals surface area contributed by atoms with E-state index >= 15 is 0 Å². The molecule has 1 aromatic rings. The lowest BCUT2D eigenvalue weighted by Crippen LogP contribution is -2.36. The minimum absolute atomic E-state index is 0.629. The molecule has 2 heteroatoms. The van der Waals surface area contributed by atoms with Crippen LogP contribution in [0.3, 0.4) is 0 Å². The predicted molar refractivity (Wildman–Crippen MR) is 56.7 cm³/mol. The second-order valence-corrected chi connectivity index (χ2v) is 3.89. The van der Waals surface area contributed by atoms with Crippen LogP contribution >= 0.6 is 0 Å². The van der Waals surface area contributed by atoms with Crippen LogP contribution in [0.25, 0.3) is 0 Å². The number of rotatable bonds is 2. The molecule has 0 amide bonds. The van der Waals surface area contributed by atoms with Gasteiger partial charge in [0, 0.05) is 6.04 Å². The molecule has 1 aliphatic rings. The van der Waals surface area contributed by atoms with Crippen molar-refractivity contribution in [3.63, 3.8) is 0 Å². The maximum atomic E-state index is 5.83. The van der Waals surface area contributed by atoms with E-state index in [0.717, 1.165) is 17.3 Å². The first-order valence-corrected chi connectivity index (χ1v) is 4.88. The summed E-state index contributed by atoms with van der Waals surface area (Å²) >= 11 is 0. The average molecular weight is 176 g/mol. The molecule has 0 spiro atoms. The molecule has 13 heavy (non-hydrogen) atoms. The van der Waals surface area contributed by atoms with E-state index in [9.17, 15) is 0 Å². The first-order valence-electron chi connectivity index (χ1n) is 4.88. The Labute approximate surface area is 79.1 Å². The molecule has 2 nitrogen and oxygen atoms in total. The van der Waals surface area contributed by atoms with Gasteiger partial charge in [-0.25, -0.2) is 0 Å². The van der Waals surface area contributed by atoms with Crippen molar-refractivity contribution in [1.82, 2.24) is 0 Å². The van der Waals surface area contributed by atoms with Crippen LogP contribution in [0, 0.1) is 5.92 Å². The fraction of sp³-hybridized carbons (Fsp3) is 0.455. The number of nitrogen functional groups attached to an aromatic ring is 1. The van der Waals surface area contributed by atoms with Crippen molar-refractivity contribution in [2.24, 2.45) is 5.92 Å². The molecule has 1 aromatic carbocycles. The molecule has 0 heterocycles. The van der Waals surface area contributed by atoms with E-state index in [0.29, 0.717) is 6.04 Å². The maximum absolute atomic E-state index is 5.83. The summed E-state index contributed by atoms with van der Waals surface area (Å²) < 4.78 is 0. The third-order valence-electron chi connectivity index (χ3n) is 2.92. The van der Waals surface area contributed by atoms with Crippen molar-refractivity contribution in [2.75, 3.05) is 11.1 Å². The average Bonchev–Trinajstić information content (AvgIpc) is 2.14. The monoisotopic (exact) mass is 176 g/mol. The largest absolute Gasteiger partial charge is 0.397 e. The number of para-hydroxylation sites is 2. The lowest BCUT2D eigenvalue weighted by atomic mass is 9.81. The van der Waals surface area contributed by atoms with Crippen LogP contribution in [0.4, 0.5) is 11.4 Å². The van der Waals surface area contributed by atoms with Gasteiger partial charge in [0.1, 0.15) is 0 Å². The lowest BCUT2D eigenvalue weighted by Gasteiger charge is -2.35. The van der Waals surface area contributed by atoms with Gasteiger partial charge in [-0.1, -0.05) is 19.1 Å². The van der Waals surface area contributed by atoms with Crippen LogP contribution in [0.15, 0.2) is 24.3 Å². The number of anilines is 2. The molecule has 1 saturated carbocycles. The van der Waals surface area contributed by atoms with Crippen molar-refractivity contribution >= 4 is 11.4 Å². The van der Waals surface area contributed by atoms with Gasteiger partial charge in [-0.05, 0) is 30.9 Å². The van der Waals surface area contributed by atoms with Gasteiger partial charge >= 0.3 is 0 Å². The Balaban J connectivity index is 2.05. The van der Waals surface area contributed by atoms with Crippen LogP contribution in [0.2, 0.25) is 0 Å². The molecule has 0 saturated heterocycles.